The van der Waals surface area contributed by atoms with Gasteiger partial charge in [0.2, 0.25) is 0 Å². The van der Waals surface area contributed by atoms with E-state index in [1.54, 1.807) is 31.2 Å². The molecule has 1 N–H and O–H groups in total. The lowest BCUT2D eigenvalue weighted by atomic mass is 10.1. The van der Waals surface area contributed by atoms with Crippen LogP contribution in [0.2, 0.25) is 0 Å². The molecule has 0 atom stereocenters. The Balaban J connectivity index is 2.01. The highest BCUT2D eigenvalue weighted by Gasteiger charge is 2.35. The summed E-state index contributed by atoms with van der Waals surface area (Å²) in [4.78, 5) is 33.4. The Kier molecular flexibility index (Phi) is 7.72. The smallest absolute Gasteiger partial charge is 0.418 e. The number of hydrogen-bond acceptors (Lipinski definition) is 6. The second-order valence-corrected chi connectivity index (χ2v) is 5.94. The molecule has 0 radical (unpaired) electrons. The molecule has 0 saturated carbocycles. The van der Waals surface area contributed by atoms with E-state index in [-0.39, 0.29) is 0 Å². The summed E-state index contributed by atoms with van der Waals surface area (Å²) < 4.78 is 49.5. The number of nitro groups is 1. The van der Waals surface area contributed by atoms with E-state index in [4.69, 9.17) is 9.47 Å². The first-order chi connectivity index (χ1) is 14.6. The van der Waals surface area contributed by atoms with Crippen molar-refractivity contribution in [1.82, 2.24) is 0 Å². The minimum absolute atomic E-state index is 0.306. The molecular weight excluding hydrogens is 421 g/mol. The highest BCUT2D eigenvalue weighted by atomic mass is 19.4. The van der Waals surface area contributed by atoms with Gasteiger partial charge in [-0.05, 0) is 25.1 Å². The van der Waals surface area contributed by atoms with Gasteiger partial charge in [0.05, 0.1) is 22.8 Å². The minimum atomic E-state index is -4.94. The van der Waals surface area contributed by atoms with Crippen LogP contribution < -0.4 is 10.1 Å². The predicted octanol–water partition coefficient (Wildman–Crippen LogP) is 4.21. The molecule has 0 saturated heterocycles. The molecule has 0 bridgehead atoms. The Morgan fingerprint density at radius 1 is 1.19 bits per heavy atom. The molecule has 0 fully saturated rings. The van der Waals surface area contributed by atoms with Gasteiger partial charge < -0.3 is 14.8 Å². The van der Waals surface area contributed by atoms with Gasteiger partial charge in [-0.3, -0.25) is 14.9 Å². The molecule has 31 heavy (non-hydrogen) atoms. The fraction of sp³-hybridized carbons (Fsp3) is 0.200. The number of alkyl halides is 3. The molecule has 2 rings (SSSR count). The molecule has 0 aliphatic heterocycles. The number of hydrogen-bond donors (Lipinski definition) is 1. The highest BCUT2D eigenvalue weighted by molar-refractivity contribution is 5.95. The average molecular weight is 438 g/mol. The van der Waals surface area contributed by atoms with Crippen LogP contribution in [0.5, 0.6) is 5.75 Å². The number of anilines is 1. The van der Waals surface area contributed by atoms with Gasteiger partial charge >= 0.3 is 12.1 Å². The Morgan fingerprint density at radius 2 is 1.90 bits per heavy atom. The summed E-state index contributed by atoms with van der Waals surface area (Å²) in [6.45, 7) is 1.35. The van der Waals surface area contributed by atoms with Crippen molar-refractivity contribution in [3.05, 3.63) is 69.8 Å². The molecule has 0 heterocycles. The number of benzene rings is 2. The lowest BCUT2D eigenvalue weighted by Crippen LogP contribution is -2.22. The molecule has 0 aliphatic rings. The fourth-order valence-electron chi connectivity index (χ4n) is 2.42. The van der Waals surface area contributed by atoms with Crippen LogP contribution in [0.15, 0.2) is 48.5 Å². The van der Waals surface area contributed by atoms with Crippen molar-refractivity contribution in [1.29, 1.82) is 0 Å². The maximum Gasteiger partial charge on any atom is 0.418 e. The first-order valence-electron chi connectivity index (χ1n) is 8.84. The Labute approximate surface area is 174 Å². The number of esters is 1. The summed E-state index contributed by atoms with van der Waals surface area (Å²) >= 11 is 0. The molecule has 0 aromatic heterocycles. The van der Waals surface area contributed by atoms with Crippen LogP contribution in [-0.2, 0) is 20.5 Å². The third-order valence-electron chi connectivity index (χ3n) is 3.76. The summed E-state index contributed by atoms with van der Waals surface area (Å²) in [5.41, 5.74) is -2.28. The third-order valence-corrected chi connectivity index (χ3v) is 3.76. The summed E-state index contributed by atoms with van der Waals surface area (Å²) in [5, 5.41) is 12.6. The number of carbonyl (C=O) groups excluding carboxylic acids is 2. The molecular formula is C20H17F3N2O6. The van der Waals surface area contributed by atoms with Crippen LogP contribution in [0.1, 0.15) is 18.1 Å². The van der Waals surface area contributed by atoms with Gasteiger partial charge in [0.25, 0.3) is 11.6 Å². The van der Waals surface area contributed by atoms with Crippen LogP contribution in [-0.4, -0.2) is 30.0 Å². The maximum atomic E-state index is 13.1. The zero-order valence-electron chi connectivity index (χ0n) is 16.1. The maximum absolute atomic E-state index is 13.1. The summed E-state index contributed by atoms with van der Waals surface area (Å²) in [7, 11) is 0. The van der Waals surface area contributed by atoms with E-state index in [0.29, 0.717) is 24.0 Å². The van der Waals surface area contributed by atoms with E-state index < -0.39 is 46.5 Å². The van der Waals surface area contributed by atoms with Gasteiger partial charge in [0.15, 0.2) is 6.61 Å². The van der Waals surface area contributed by atoms with E-state index in [0.717, 1.165) is 18.2 Å². The van der Waals surface area contributed by atoms with E-state index in [1.807, 2.05) is 5.32 Å². The molecule has 2 aromatic rings. The number of ether oxygens (including phenoxy) is 2. The van der Waals surface area contributed by atoms with Crippen LogP contribution in [0.3, 0.4) is 0 Å². The molecule has 164 valence electrons. The van der Waals surface area contributed by atoms with Crippen molar-refractivity contribution in [2.24, 2.45) is 0 Å². The Hall–Kier alpha value is -3.89. The fourth-order valence-corrected chi connectivity index (χ4v) is 2.42. The predicted molar refractivity (Wildman–Crippen MR) is 104 cm³/mol. The standard InChI is InChI=1S/C20H17F3N2O6/c1-2-30-17-6-4-3-5-13(17)7-10-19(27)31-12-18(26)24-16-9-8-14(25(28)29)11-15(16)20(21,22)23/h3-11H,2,12H2,1H3,(H,24,26)/b10-7+. The van der Waals surface area contributed by atoms with Crippen LogP contribution in [0.25, 0.3) is 6.08 Å². The van der Waals surface area contributed by atoms with Gasteiger partial charge in [-0.25, -0.2) is 4.79 Å². The molecule has 1 amide bonds. The molecule has 2 aromatic carbocycles. The van der Waals surface area contributed by atoms with Crippen molar-refractivity contribution in [3.8, 4) is 5.75 Å². The zero-order chi connectivity index (χ0) is 23.0. The zero-order valence-corrected chi connectivity index (χ0v) is 16.1. The van der Waals surface area contributed by atoms with Crippen LogP contribution in [0, 0.1) is 10.1 Å². The van der Waals surface area contributed by atoms with Crippen molar-refractivity contribution in [2.45, 2.75) is 13.1 Å². The number of amides is 1. The monoisotopic (exact) mass is 438 g/mol. The number of rotatable bonds is 8. The number of nitrogens with zero attached hydrogens (tertiary/aromatic N) is 1. The van der Waals surface area contributed by atoms with Gasteiger partial charge in [-0.15, -0.1) is 0 Å². The molecule has 8 nitrogen and oxygen atoms in total. The van der Waals surface area contributed by atoms with Crippen molar-refractivity contribution < 1.29 is 37.2 Å². The topological polar surface area (TPSA) is 108 Å². The number of non-ortho nitro benzene ring substituents is 1. The van der Waals surface area contributed by atoms with E-state index >= 15 is 0 Å². The molecule has 11 heteroatoms. The quantitative estimate of drug-likeness (QED) is 0.286. The van der Waals surface area contributed by atoms with Crippen molar-refractivity contribution in [2.75, 3.05) is 18.5 Å². The number of halogens is 3. The van der Waals surface area contributed by atoms with E-state index in [9.17, 15) is 32.9 Å². The normalized spacial score (nSPS) is 11.2. The number of para-hydroxylation sites is 1. The van der Waals surface area contributed by atoms with Crippen LogP contribution >= 0.6 is 0 Å². The SMILES string of the molecule is CCOc1ccccc1/C=C/C(=O)OCC(=O)Nc1ccc([N+](=O)[O-])cc1C(F)(F)F. The van der Waals surface area contributed by atoms with Gasteiger partial charge in [-0.1, -0.05) is 18.2 Å². The van der Waals surface area contributed by atoms with Crippen LogP contribution in [0.4, 0.5) is 24.5 Å². The average Bonchev–Trinajstić information content (AvgIpc) is 2.71. The van der Waals surface area contributed by atoms with E-state index in [1.165, 1.54) is 6.08 Å². The lowest BCUT2D eigenvalue weighted by Gasteiger charge is -2.13. The first-order valence-corrected chi connectivity index (χ1v) is 8.84. The summed E-state index contributed by atoms with van der Waals surface area (Å²) in [5.74, 6) is -1.42. The molecule has 0 aliphatic carbocycles. The number of nitro benzene ring substituents is 1. The van der Waals surface area contributed by atoms with Crippen molar-refractivity contribution in [3.63, 3.8) is 0 Å². The summed E-state index contributed by atoms with van der Waals surface area (Å²) in [6.07, 6.45) is -2.50. The third kappa shape index (κ3) is 6.84. The van der Waals surface area contributed by atoms with Gasteiger partial charge in [0.1, 0.15) is 5.75 Å². The largest absolute Gasteiger partial charge is 0.493 e. The Morgan fingerprint density at radius 3 is 2.55 bits per heavy atom. The second-order valence-electron chi connectivity index (χ2n) is 5.94. The number of nitrogens with one attached hydrogen (secondary N) is 1. The van der Waals surface area contributed by atoms with Crippen molar-refractivity contribution >= 4 is 29.3 Å². The Bertz CT molecular complexity index is 1000. The number of carbonyl (C=O) groups is 2. The van der Waals surface area contributed by atoms with Gasteiger partial charge in [-0.2, -0.15) is 13.2 Å². The molecule has 0 spiro atoms. The molecule has 0 unspecified atom stereocenters. The summed E-state index contributed by atoms with van der Waals surface area (Å²) in [6, 6.07) is 8.74. The highest BCUT2D eigenvalue weighted by Crippen LogP contribution is 2.37. The minimum Gasteiger partial charge on any atom is -0.493 e. The first kappa shape index (κ1) is 23.4. The van der Waals surface area contributed by atoms with E-state index in [2.05, 4.69) is 0 Å². The van der Waals surface area contributed by atoms with Gasteiger partial charge in [0, 0.05) is 23.8 Å². The second kappa shape index (κ2) is 10.2. The lowest BCUT2D eigenvalue weighted by molar-refractivity contribution is -0.385.